The number of amides is 1. The number of para-hydroxylation sites is 1. The molecule has 1 amide bonds. The maximum atomic E-state index is 12.0. The van der Waals surface area contributed by atoms with Gasteiger partial charge < -0.3 is 15.5 Å². The van der Waals surface area contributed by atoms with Crippen molar-refractivity contribution in [2.75, 3.05) is 0 Å². The van der Waals surface area contributed by atoms with E-state index in [0.29, 0.717) is 6.54 Å². The van der Waals surface area contributed by atoms with Crippen LogP contribution >= 0.6 is 0 Å². The van der Waals surface area contributed by atoms with Crippen molar-refractivity contribution in [3.63, 3.8) is 0 Å². The average molecular weight is 271 g/mol. The number of carbonyl (C=O) groups excluding carboxylic acids is 1. The van der Waals surface area contributed by atoms with Crippen molar-refractivity contribution in [2.24, 2.45) is 0 Å². The number of aromatic hydroxyl groups is 2. The predicted octanol–water partition coefficient (Wildman–Crippen LogP) is 2.59. The summed E-state index contributed by atoms with van der Waals surface area (Å²) in [6.07, 6.45) is 0.892. The molecule has 0 aromatic heterocycles. The molecule has 0 aliphatic rings. The molecule has 104 valence electrons. The number of hydrogen-bond acceptors (Lipinski definition) is 3. The molecule has 2 rings (SSSR count). The van der Waals surface area contributed by atoms with E-state index in [2.05, 4.69) is 12.2 Å². The molecule has 3 N–H and O–H groups in total. The van der Waals surface area contributed by atoms with E-state index in [9.17, 15) is 15.0 Å². The minimum Gasteiger partial charge on any atom is -0.504 e. The Morgan fingerprint density at radius 2 is 1.75 bits per heavy atom. The van der Waals surface area contributed by atoms with Crippen LogP contribution in [0, 0.1) is 0 Å². The van der Waals surface area contributed by atoms with Gasteiger partial charge in [0.25, 0.3) is 5.91 Å². The summed E-state index contributed by atoms with van der Waals surface area (Å²) in [7, 11) is 0. The Labute approximate surface area is 117 Å². The first kappa shape index (κ1) is 13.9. The van der Waals surface area contributed by atoms with E-state index in [1.54, 1.807) is 0 Å². The summed E-state index contributed by atoms with van der Waals surface area (Å²) in [4.78, 5) is 12.0. The van der Waals surface area contributed by atoms with Crippen molar-refractivity contribution in [1.29, 1.82) is 0 Å². The molecule has 0 aliphatic heterocycles. The molecule has 0 radical (unpaired) electrons. The Balaban J connectivity index is 2.11. The van der Waals surface area contributed by atoms with E-state index >= 15 is 0 Å². The number of hydrogen-bond donors (Lipinski definition) is 3. The van der Waals surface area contributed by atoms with Gasteiger partial charge in [-0.05, 0) is 29.7 Å². The van der Waals surface area contributed by atoms with Crippen molar-refractivity contribution in [3.05, 3.63) is 59.2 Å². The second-order valence-corrected chi connectivity index (χ2v) is 4.48. The van der Waals surface area contributed by atoms with Crippen LogP contribution in [0.2, 0.25) is 0 Å². The summed E-state index contributed by atoms with van der Waals surface area (Å²) >= 11 is 0. The monoisotopic (exact) mass is 271 g/mol. The summed E-state index contributed by atoms with van der Waals surface area (Å²) in [6.45, 7) is 2.44. The summed E-state index contributed by atoms with van der Waals surface area (Å²) in [5, 5.41) is 21.8. The molecule has 4 nitrogen and oxygen atoms in total. The van der Waals surface area contributed by atoms with Gasteiger partial charge in [-0.25, -0.2) is 0 Å². The number of phenolic OH excluding ortho intramolecular Hbond substituents is 2. The summed E-state index contributed by atoms with van der Waals surface area (Å²) < 4.78 is 0. The Morgan fingerprint density at radius 1 is 1.05 bits per heavy atom. The number of benzene rings is 2. The zero-order chi connectivity index (χ0) is 14.5. The minimum atomic E-state index is -0.413. The van der Waals surface area contributed by atoms with Crippen LogP contribution in [-0.2, 0) is 13.0 Å². The first-order valence-electron chi connectivity index (χ1n) is 6.49. The first-order chi connectivity index (χ1) is 9.63. The fourth-order valence-corrected chi connectivity index (χ4v) is 2.06. The molecule has 0 spiro atoms. The number of nitrogens with one attached hydrogen (secondary N) is 1. The zero-order valence-corrected chi connectivity index (χ0v) is 11.3. The van der Waals surface area contributed by atoms with Gasteiger partial charge in [-0.15, -0.1) is 0 Å². The molecule has 0 bridgehead atoms. The van der Waals surface area contributed by atoms with Crippen LogP contribution < -0.4 is 5.32 Å². The highest BCUT2D eigenvalue weighted by Gasteiger charge is 2.13. The SMILES string of the molecule is CCc1ccccc1CNC(=O)c1cccc(O)c1O. The Bertz CT molecular complexity index is 623. The van der Waals surface area contributed by atoms with Crippen molar-refractivity contribution in [3.8, 4) is 11.5 Å². The van der Waals surface area contributed by atoms with Crippen molar-refractivity contribution in [2.45, 2.75) is 19.9 Å². The van der Waals surface area contributed by atoms with Gasteiger partial charge in [-0.2, -0.15) is 0 Å². The van der Waals surface area contributed by atoms with Gasteiger partial charge in [0, 0.05) is 6.54 Å². The maximum Gasteiger partial charge on any atom is 0.255 e. The smallest absolute Gasteiger partial charge is 0.255 e. The van der Waals surface area contributed by atoms with Gasteiger partial charge >= 0.3 is 0 Å². The van der Waals surface area contributed by atoms with Crippen LogP contribution in [0.15, 0.2) is 42.5 Å². The largest absolute Gasteiger partial charge is 0.504 e. The topological polar surface area (TPSA) is 69.6 Å². The lowest BCUT2D eigenvalue weighted by Gasteiger charge is -2.10. The molecule has 0 unspecified atom stereocenters. The fourth-order valence-electron chi connectivity index (χ4n) is 2.06. The lowest BCUT2D eigenvalue weighted by Crippen LogP contribution is -2.23. The zero-order valence-electron chi connectivity index (χ0n) is 11.3. The van der Waals surface area contributed by atoms with Crippen LogP contribution in [0.1, 0.15) is 28.4 Å². The molecular weight excluding hydrogens is 254 g/mol. The van der Waals surface area contributed by atoms with Crippen molar-refractivity contribution < 1.29 is 15.0 Å². The number of phenols is 2. The van der Waals surface area contributed by atoms with E-state index in [4.69, 9.17) is 0 Å². The highest BCUT2D eigenvalue weighted by molar-refractivity contribution is 5.97. The van der Waals surface area contributed by atoms with E-state index in [-0.39, 0.29) is 11.3 Å². The molecule has 0 saturated carbocycles. The molecule has 0 heterocycles. The Morgan fingerprint density at radius 3 is 2.45 bits per heavy atom. The molecule has 0 saturated heterocycles. The first-order valence-corrected chi connectivity index (χ1v) is 6.49. The van der Waals surface area contributed by atoms with Gasteiger partial charge in [-0.3, -0.25) is 4.79 Å². The van der Waals surface area contributed by atoms with E-state index in [1.165, 1.54) is 23.8 Å². The highest BCUT2D eigenvalue weighted by atomic mass is 16.3. The predicted molar refractivity (Wildman–Crippen MR) is 76.8 cm³/mol. The van der Waals surface area contributed by atoms with E-state index < -0.39 is 11.7 Å². The number of aryl methyl sites for hydroxylation is 1. The third-order valence-electron chi connectivity index (χ3n) is 3.20. The quantitative estimate of drug-likeness (QED) is 0.749. The Hall–Kier alpha value is -2.49. The summed E-state index contributed by atoms with van der Waals surface area (Å²) in [5.74, 6) is -1.11. The second-order valence-electron chi connectivity index (χ2n) is 4.48. The normalized spacial score (nSPS) is 10.2. The summed E-state index contributed by atoms with van der Waals surface area (Å²) in [5.41, 5.74) is 2.29. The van der Waals surface area contributed by atoms with Crippen LogP contribution in [0.3, 0.4) is 0 Å². The molecule has 20 heavy (non-hydrogen) atoms. The lowest BCUT2D eigenvalue weighted by molar-refractivity contribution is 0.0947. The second kappa shape index (κ2) is 6.10. The lowest BCUT2D eigenvalue weighted by atomic mass is 10.1. The van der Waals surface area contributed by atoms with Gasteiger partial charge in [-0.1, -0.05) is 37.3 Å². The van der Waals surface area contributed by atoms with Crippen LogP contribution in [0.5, 0.6) is 11.5 Å². The van der Waals surface area contributed by atoms with Crippen LogP contribution in [-0.4, -0.2) is 16.1 Å². The van der Waals surface area contributed by atoms with Gasteiger partial charge in [0.2, 0.25) is 0 Å². The number of rotatable bonds is 4. The number of carbonyl (C=O) groups is 1. The average Bonchev–Trinajstić information content (AvgIpc) is 2.48. The fraction of sp³-hybridized carbons (Fsp3) is 0.188. The van der Waals surface area contributed by atoms with Crippen LogP contribution in [0.25, 0.3) is 0 Å². The maximum absolute atomic E-state index is 12.0. The molecule has 4 heteroatoms. The van der Waals surface area contributed by atoms with Crippen molar-refractivity contribution >= 4 is 5.91 Å². The molecule has 2 aromatic carbocycles. The van der Waals surface area contributed by atoms with E-state index in [1.807, 2.05) is 24.3 Å². The Kier molecular flexibility index (Phi) is 4.25. The third kappa shape index (κ3) is 2.91. The van der Waals surface area contributed by atoms with Gasteiger partial charge in [0.05, 0.1) is 5.56 Å². The van der Waals surface area contributed by atoms with E-state index in [0.717, 1.165) is 12.0 Å². The molecule has 0 aliphatic carbocycles. The van der Waals surface area contributed by atoms with Gasteiger partial charge in [0.15, 0.2) is 11.5 Å². The molecule has 2 aromatic rings. The minimum absolute atomic E-state index is 0.0685. The third-order valence-corrected chi connectivity index (χ3v) is 3.20. The van der Waals surface area contributed by atoms with Crippen molar-refractivity contribution in [1.82, 2.24) is 5.32 Å². The summed E-state index contributed by atoms with van der Waals surface area (Å²) in [6, 6.07) is 12.2. The highest BCUT2D eigenvalue weighted by Crippen LogP contribution is 2.28. The van der Waals surface area contributed by atoms with Gasteiger partial charge in [0.1, 0.15) is 0 Å². The molecular formula is C16H17NO3. The molecule has 0 fully saturated rings. The van der Waals surface area contributed by atoms with Crippen LogP contribution in [0.4, 0.5) is 0 Å². The molecule has 0 atom stereocenters. The standard InChI is InChI=1S/C16H17NO3/c1-2-11-6-3-4-7-12(11)10-17-16(20)13-8-5-9-14(18)15(13)19/h3-9,18-19H,2,10H2,1H3,(H,17,20).